The minimum atomic E-state index is -3.95. The zero-order valence-corrected chi connectivity index (χ0v) is 21.6. The van der Waals surface area contributed by atoms with Crippen LogP contribution >= 0.6 is 0 Å². The molecule has 0 aromatic heterocycles. The first-order chi connectivity index (χ1) is 16.6. The van der Waals surface area contributed by atoms with Gasteiger partial charge in [0.2, 0.25) is 0 Å². The zero-order valence-electron chi connectivity index (χ0n) is 19.9. The van der Waals surface area contributed by atoms with Gasteiger partial charge >= 0.3 is 0 Å². The molecule has 1 aromatic rings. The predicted molar refractivity (Wildman–Crippen MR) is 128 cm³/mol. The van der Waals surface area contributed by atoms with E-state index in [2.05, 4.69) is 0 Å². The minimum absolute atomic E-state index is 0.219. The Labute approximate surface area is 207 Å². The van der Waals surface area contributed by atoms with Crippen molar-refractivity contribution in [3.8, 4) is 11.5 Å². The zero-order chi connectivity index (χ0) is 26.0. The van der Waals surface area contributed by atoms with E-state index >= 15 is 0 Å². The number of hydrogen-bond donors (Lipinski definition) is 2. The van der Waals surface area contributed by atoms with Gasteiger partial charge in [-0.3, -0.25) is 9.11 Å². The van der Waals surface area contributed by atoms with Crippen LogP contribution in [0.1, 0.15) is 18.4 Å². The second-order valence-electron chi connectivity index (χ2n) is 7.38. The van der Waals surface area contributed by atoms with Gasteiger partial charge in [0.1, 0.15) is 13.2 Å². The fourth-order valence-electron chi connectivity index (χ4n) is 2.60. The second kappa shape index (κ2) is 17.8. The summed E-state index contributed by atoms with van der Waals surface area (Å²) in [4.78, 5) is 0. The predicted octanol–water partition coefficient (Wildman–Crippen LogP) is 1.37. The minimum Gasteiger partial charge on any atom is -0.487 e. The lowest BCUT2D eigenvalue weighted by Crippen LogP contribution is -2.14. The molecule has 12 nitrogen and oxygen atoms in total. The summed E-state index contributed by atoms with van der Waals surface area (Å²) >= 11 is 0. The Morgan fingerprint density at radius 1 is 0.600 bits per heavy atom. The van der Waals surface area contributed by atoms with Crippen molar-refractivity contribution in [2.24, 2.45) is 0 Å². The topological polar surface area (TPSA) is 164 Å². The summed E-state index contributed by atoms with van der Waals surface area (Å²) in [7, 11) is -7.90. The molecule has 0 aliphatic heterocycles. The maximum absolute atomic E-state index is 10.6. The standard InChI is InChI=1S/C21H36O12S2/c1-19-4-5-20(32-14-12-30-10-8-28-6-2-16-34(22,23)24)21(18-19)33-15-13-31-11-9-29-7-3-17-35(25,26)27/h4-5,18H,2-3,6-17H2,1H3,(H,22,23,24)(H,25,26,27). The highest BCUT2D eigenvalue weighted by Crippen LogP contribution is 2.28. The summed E-state index contributed by atoms with van der Waals surface area (Å²) in [5, 5.41) is 0. The third kappa shape index (κ3) is 19.4. The largest absolute Gasteiger partial charge is 0.487 e. The Balaban J connectivity index is 2.12. The summed E-state index contributed by atoms with van der Waals surface area (Å²) in [6.45, 7) is 4.90. The van der Waals surface area contributed by atoms with Gasteiger partial charge in [-0.1, -0.05) is 6.07 Å². The first-order valence-corrected chi connectivity index (χ1v) is 14.4. The summed E-state index contributed by atoms with van der Waals surface area (Å²) < 4.78 is 92.3. The lowest BCUT2D eigenvalue weighted by molar-refractivity contribution is 0.0334. The van der Waals surface area contributed by atoms with Crippen LogP contribution < -0.4 is 9.47 Å². The van der Waals surface area contributed by atoms with E-state index in [1.807, 2.05) is 25.1 Å². The van der Waals surface area contributed by atoms with E-state index < -0.39 is 20.2 Å². The monoisotopic (exact) mass is 544 g/mol. The van der Waals surface area contributed by atoms with Crippen molar-refractivity contribution in [3.05, 3.63) is 23.8 Å². The van der Waals surface area contributed by atoms with Crippen LogP contribution in [-0.4, -0.2) is 104 Å². The quantitative estimate of drug-likeness (QED) is 0.159. The Kier molecular flexibility index (Phi) is 16.1. The lowest BCUT2D eigenvalue weighted by atomic mass is 10.2. The second-order valence-corrected chi connectivity index (χ2v) is 10.5. The molecule has 0 atom stereocenters. The van der Waals surface area contributed by atoms with E-state index in [9.17, 15) is 16.8 Å². The van der Waals surface area contributed by atoms with Gasteiger partial charge in [0, 0.05) is 13.2 Å². The van der Waals surface area contributed by atoms with Gasteiger partial charge in [-0.15, -0.1) is 0 Å². The van der Waals surface area contributed by atoms with Crippen molar-refractivity contribution >= 4 is 20.2 Å². The van der Waals surface area contributed by atoms with Crippen molar-refractivity contribution in [1.82, 2.24) is 0 Å². The molecule has 0 bridgehead atoms. The summed E-state index contributed by atoms with van der Waals surface area (Å²) in [5.41, 5.74) is 1.01. The average Bonchev–Trinajstić information content (AvgIpc) is 2.76. The van der Waals surface area contributed by atoms with E-state index in [1.165, 1.54) is 0 Å². The molecule has 35 heavy (non-hydrogen) atoms. The van der Waals surface area contributed by atoms with Gasteiger partial charge in [-0.2, -0.15) is 16.8 Å². The number of benzene rings is 1. The average molecular weight is 545 g/mol. The fourth-order valence-corrected chi connectivity index (χ4v) is 3.56. The van der Waals surface area contributed by atoms with Gasteiger partial charge in [-0.25, -0.2) is 0 Å². The fraction of sp³-hybridized carbons (Fsp3) is 0.714. The number of rotatable bonds is 22. The van der Waals surface area contributed by atoms with Crippen LogP contribution in [0.2, 0.25) is 0 Å². The SMILES string of the molecule is Cc1ccc(OCCOCCOCCCS(=O)(=O)O)c(OCCOCCOCCCS(=O)(=O)O)c1. The van der Waals surface area contributed by atoms with Crippen LogP contribution in [0.25, 0.3) is 0 Å². The van der Waals surface area contributed by atoms with Crippen LogP contribution in [0.4, 0.5) is 0 Å². The van der Waals surface area contributed by atoms with Crippen molar-refractivity contribution in [2.45, 2.75) is 19.8 Å². The van der Waals surface area contributed by atoms with Crippen molar-refractivity contribution in [3.63, 3.8) is 0 Å². The molecule has 204 valence electrons. The Morgan fingerprint density at radius 3 is 1.46 bits per heavy atom. The van der Waals surface area contributed by atoms with Gasteiger partial charge in [0.15, 0.2) is 11.5 Å². The molecule has 0 radical (unpaired) electrons. The highest BCUT2D eigenvalue weighted by molar-refractivity contribution is 7.86. The number of hydrogen-bond acceptors (Lipinski definition) is 10. The highest BCUT2D eigenvalue weighted by atomic mass is 32.2. The summed E-state index contributed by atoms with van der Waals surface area (Å²) in [6, 6.07) is 5.57. The van der Waals surface area contributed by atoms with E-state index in [1.54, 1.807) is 0 Å². The molecule has 1 aromatic carbocycles. The highest BCUT2D eigenvalue weighted by Gasteiger charge is 2.07. The van der Waals surface area contributed by atoms with Crippen molar-refractivity contribution in [1.29, 1.82) is 0 Å². The molecule has 0 fully saturated rings. The first-order valence-electron chi connectivity index (χ1n) is 11.1. The van der Waals surface area contributed by atoms with Crippen LogP contribution in [0.3, 0.4) is 0 Å². The first kappa shape index (κ1) is 31.5. The molecule has 0 saturated carbocycles. The van der Waals surface area contributed by atoms with Crippen molar-refractivity contribution in [2.75, 3.05) is 77.6 Å². The molecule has 0 spiro atoms. The van der Waals surface area contributed by atoms with Crippen LogP contribution in [0.5, 0.6) is 11.5 Å². The normalized spacial score (nSPS) is 12.1. The summed E-state index contributed by atoms with van der Waals surface area (Å²) in [5.74, 6) is 0.496. The Hall–Kier alpha value is -1.52. The third-order valence-electron chi connectivity index (χ3n) is 4.20. The van der Waals surface area contributed by atoms with Crippen LogP contribution in [0, 0.1) is 6.92 Å². The summed E-state index contributed by atoms with van der Waals surface area (Å²) in [6.07, 6.45) is 0.438. The van der Waals surface area contributed by atoms with Gasteiger partial charge in [-0.05, 0) is 37.5 Å². The molecular weight excluding hydrogens is 508 g/mol. The smallest absolute Gasteiger partial charge is 0.264 e. The Morgan fingerprint density at radius 2 is 1.00 bits per heavy atom. The lowest BCUT2D eigenvalue weighted by Gasteiger charge is -2.14. The molecule has 0 aliphatic carbocycles. The molecule has 0 amide bonds. The maximum atomic E-state index is 10.6. The van der Waals surface area contributed by atoms with E-state index in [0.29, 0.717) is 64.4 Å². The van der Waals surface area contributed by atoms with Gasteiger partial charge in [0.25, 0.3) is 20.2 Å². The Bertz CT molecular complexity index is 903. The molecule has 0 heterocycles. The van der Waals surface area contributed by atoms with Crippen LogP contribution in [0.15, 0.2) is 18.2 Å². The molecule has 2 N–H and O–H groups in total. The number of aryl methyl sites for hydroxylation is 1. The molecule has 14 heteroatoms. The molecule has 1 rings (SSSR count). The van der Waals surface area contributed by atoms with Gasteiger partial charge in [0.05, 0.1) is 51.1 Å². The molecule has 0 saturated heterocycles. The van der Waals surface area contributed by atoms with E-state index in [0.717, 1.165) is 5.56 Å². The third-order valence-corrected chi connectivity index (χ3v) is 5.80. The molecular formula is C21H36O12S2. The number of ether oxygens (including phenoxy) is 6. The van der Waals surface area contributed by atoms with Crippen molar-refractivity contribution < 1.29 is 54.4 Å². The maximum Gasteiger partial charge on any atom is 0.264 e. The van der Waals surface area contributed by atoms with E-state index in [4.69, 9.17) is 37.5 Å². The van der Waals surface area contributed by atoms with Crippen LogP contribution in [-0.2, 0) is 39.2 Å². The molecule has 0 aliphatic rings. The molecule has 0 unspecified atom stereocenters. The van der Waals surface area contributed by atoms with E-state index in [-0.39, 0.29) is 37.6 Å². The van der Waals surface area contributed by atoms with Gasteiger partial charge < -0.3 is 28.4 Å².